The van der Waals surface area contributed by atoms with Gasteiger partial charge in [0.1, 0.15) is 0 Å². The number of hydrogen-bond donors (Lipinski definition) is 0. The number of nitrogens with zero attached hydrogens (tertiary/aromatic N) is 1. The summed E-state index contributed by atoms with van der Waals surface area (Å²) in [6.45, 7) is 8.82. The third kappa shape index (κ3) is 5.06. The first-order chi connectivity index (χ1) is 8.12. The topological polar surface area (TPSA) is 37.4 Å². The lowest BCUT2D eigenvalue weighted by Crippen LogP contribution is -2.38. The molecular weight excluding hydrogens is 270 g/mol. The average molecular weight is 296 g/mol. The zero-order chi connectivity index (χ0) is 14.0. The molecule has 1 rings (SSSR count). The summed E-state index contributed by atoms with van der Waals surface area (Å²) in [7, 11) is -3.11. The summed E-state index contributed by atoms with van der Waals surface area (Å²) in [6.07, 6.45) is 3.38. The van der Waals surface area contributed by atoms with Gasteiger partial charge in [-0.3, -0.25) is 0 Å². The maximum atomic E-state index is 12.4. The van der Waals surface area contributed by atoms with Gasteiger partial charge in [-0.15, -0.1) is 11.6 Å². The molecule has 0 aliphatic carbocycles. The van der Waals surface area contributed by atoms with E-state index in [4.69, 9.17) is 11.6 Å². The van der Waals surface area contributed by atoms with Gasteiger partial charge < -0.3 is 0 Å². The molecule has 18 heavy (non-hydrogen) atoms. The summed E-state index contributed by atoms with van der Waals surface area (Å²) in [5.74, 6) is 0.254. The van der Waals surface area contributed by atoms with Crippen LogP contribution in [0.2, 0.25) is 0 Å². The van der Waals surface area contributed by atoms with Crippen molar-refractivity contribution in [3.63, 3.8) is 0 Å². The fourth-order valence-corrected chi connectivity index (χ4v) is 4.70. The summed E-state index contributed by atoms with van der Waals surface area (Å²) >= 11 is 6.00. The van der Waals surface area contributed by atoms with E-state index in [0.717, 1.165) is 19.3 Å². The molecule has 3 nitrogen and oxygen atoms in total. The third-order valence-electron chi connectivity index (χ3n) is 3.39. The summed E-state index contributed by atoms with van der Waals surface area (Å²) in [5, 5.41) is 0.0356. The minimum absolute atomic E-state index is 0.0356. The van der Waals surface area contributed by atoms with Crippen LogP contribution in [0.1, 0.15) is 53.4 Å². The highest BCUT2D eigenvalue weighted by Crippen LogP contribution is 2.28. The first kappa shape index (κ1) is 16.3. The largest absolute Gasteiger partial charge is 0.214 e. The maximum absolute atomic E-state index is 12.4. The summed E-state index contributed by atoms with van der Waals surface area (Å²) < 4.78 is 26.4. The van der Waals surface area contributed by atoms with Crippen molar-refractivity contribution in [1.29, 1.82) is 0 Å². The Balaban J connectivity index is 2.66. The second-order valence-corrected chi connectivity index (χ2v) is 9.34. The summed E-state index contributed by atoms with van der Waals surface area (Å²) in [5.41, 5.74) is 0.0576. The lowest BCUT2D eigenvalue weighted by molar-refractivity contribution is 0.356. The molecule has 0 N–H and O–H groups in total. The number of alkyl halides is 1. The molecule has 0 bridgehead atoms. The SMILES string of the molecule is CC(Cl)CC1CCCN1S(=O)(=O)CCC(C)(C)C. The van der Waals surface area contributed by atoms with Gasteiger partial charge in [0.25, 0.3) is 0 Å². The third-order valence-corrected chi connectivity index (χ3v) is 5.48. The van der Waals surface area contributed by atoms with E-state index < -0.39 is 10.0 Å². The Hall–Kier alpha value is 0.200. The lowest BCUT2D eigenvalue weighted by Gasteiger charge is -2.26. The normalized spacial score (nSPS) is 24.4. The zero-order valence-electron chi connectivity index (χ0n) is 11.9. The predicted octanol–water partition coefficient (Wildman–Crippen LogP) is 3.23. The quantitative estimate of drug-likeness (QED) is 0.730. The second kappa shape index (κ2) is 6.10. The van der Waals surface area contributed by atoms with Crippen LogP contribution in [0.4, 0.5) is 0 Å². The molecule has 0 aromatic rings. The van der Waals surface area contributed by atoms with Crippen molar-refractivity contribution in [2.75, 3.05) is 12.3 Å². The van der Waals surface area contributed by atoms with Crippen molar-refractivity contribution in [2.24, 2.45) is 5.41 Å². The molecule has 0 radical (unpaired) electrons. The van der Waals surface area contributed by atoms with Crippen molar-refractivity contribution in [3.05, 3.63) is 0 Å². The van der Waals surface area contributed by atoms with Crippen LogP contribution in [0.3, 0.4) is 0 Å². The number of sulfonamides is 1. The van der Waals surface area contributed by atoms with Crippen molar-refractivity contribution in [2.45, 2.75) is 64.8 Å². The molecule has 5 heteroatoms. The molecule has 0 spiro atoms. The van der Waals surface area contributed by atoms with Gasteiger partial charge in [-0.2, -0.15) is 4.31 Å². The molecule has 1 aliphatic heterocycles. The van der Waals surface area contributed by atoms with Crippen molar-refractivity contribution in [3.8, 4) is 0 Å². The monoisotopic (exact) mass is 295 g/mol. The Labute approximate surface area is 117 Å². The van der Waals surface area contributed by atoms with E-state index in [1.165, 1.54) is 0 Å². The van der Waals surface area contributed by atoms with E-state index in [-0.39, 0.29) is 22.6 Å². The smallest absolute Gasteiger partial charge is 0.212 e. The average Bonchev–Trinajstić information content (AvgIpc) is 2.61. The Morgan fingerprint density at radius 2 is 2.00 bits per heavy atom. The Bertz CT molecular complexity index is 360. The molecule has 1 aliphatic rings. The van der Waals surface area contributed by atoms with Gasteiger partial charge in [-0.05, 0) is 38.0 Å². The minimum Gasteiger partial charge on any atom is -0.212 e. The Kier molecular flexibility index (Phi) is 5.51. The van der Waals surface area contributed by atoms with Gasteiger partial charge in [-0.1, -0.05) is 20.8 Å². The van der Waals surface area contributed by atoms with Crippen LogP contribution in [0.25, 0.3) is 0 Å². The molecule has 0 saturated carbocycles. The highest BCUT2D eigenvalue weighted by molar-refractivity contribution is 7.89. The van der Waals surface area contributed by atoms with E-state index in [9.17, 15) is 8.42 Å². The van der Waals surface area contributed by atoms with Gasteiger partial charge in [0.2, 0.25) is 10.0 Å². The second-order valence-electron chi connectivity index (χ2n) is 6.55. The first-order valence-corrected chi connectivity index (χ1v) is 8.80. The van der Waals surface area contributed by atoms with Crippen LogP contribution < -0.4 is 0 Å². The van der Waals surface area contributed by atoms with Crippen molar-refractivity contribution >= 4 is 21.6 Å². The molecule has 2 atom stereocenters. The van der Waals surface area contributed by atoms with Gasteiger partial charge in [0, 0.05) is 18.0 Å². The van der Waals surface area contributed by atoms with E-state index in [1.54, 1.807) is 4.31 Å². The van der Waals surface area contributed by atoms with Crippen LogP contribution >= 0.6 is 11.6 Å². The van der Waals surface area contributed by atoms with Crippen molar-refractivity contribution < 1.29 is 8.42 Å². The predicted molar refractivity (Wildman–Crippen MR) is 77.5 cm³/mol. The molecule has 1 saturated heterocycles. The van der Waals surface area contributed by atoms with Gasteiger partial charge in [0.15, 0.2) is 0 Å². The molecule has 1 heterocycles. The number of hydrogen-bond acceptors (Lipinski definition) is 2. The van der Waals surface area contributed by atoms with Gasteiger partial charge >= 0.3 is 0 Å². The van der Waals surface area contributed by atoms with E-state index in [1.807, 2.05) is 6.92 Å². The van der Waals surface area contributed by atoms with E-state index in [0.29, 0.717) is 13.0 Å². The molecule has 0 amide bonds. The zero-order valence-corrected chi connectivity index (χ0v) is 13.5. The fraction of sp³-hybridized carbons (Fsp3) is 1.00. The summed E-state index contributed by atoms with van der Waals surface area (Å²) in [4.78, 5) is 0. The molecule has 0 aromatic carbocycles. The van der Waals surface area contributed by atoms with E-state index >= 15 is 0 Å². The number of halogens is 1. The molecular formula is C13H26ClNO2S. The Morgan fingerprint density at radius 3 is 2.50 bits per heavy atom. The molecule has 0 aromatic heterocycles. The van der Waals surface area contributed by atoms with Gasteiger partial charge in [0.05, 0.1) is 5.75 Å². The lowest BCUT2D eigenvalue weighted by atomic mass is 9.94. The highest BCUT2D eigenvalue weighted by atomic mass is 35.5. The van der Waals surface area contributed by atoms with Gasteiger partial charge in [-0.25, -0.2) is 8.42 Å². The molecule has 1 fully saturated rings. The first-order valence-electron chi connectivity index (χ1n) is 6.75. The fourth-order valence-electron chi connectivity index (χ4n) is 2.34. The molecule has 108 valence electrons. The minimum atomic E-state index is -3.11. The van der Waals surface area contributed by atoms with E-state index in [2.05, 4.69) is 20.8 Å². The van der Waals surface area contributed by atoms with Crippen molar-refractivity contribution in [1.82, 2.24) is 4.31 Å². The highest BCUT2D eigenvalue weighted by Gasteiger charge is 2.34. The summed E-state index contributed by atoms with van der Waals surface area (Å²) in [6, 6.07) is 0.113. The maximum Gasteiger partial charge on any atom is 0.214 e. The number of rotatable bonds is 5. The standard InChI is InChI=1S/C13H26ClNO2S/c1-11(14)10-12-6-5-8-15(12)18(16,17)9-7-13(2,3)4/h11-12H,5-10H2,1-4H3. The van der Waals surface area contributed by atoms with Crippen LogP contribution in [0.15, 0.2) is 0 Å². The van der Waals surface area contributed by atoms with Crippen LogP contribution in [-0.2, 0) is 10.0 Å². The van der Waals surface area contributed by atoms with Crippen LogP contribution in [0.5, 0.6) is 0 Å². The Morgan fingerprint density at radius 1 is 1.39 bits per heavy atom. The van der Waals surface area contributed by atoms with Crippen LogP contribution in [-0.4, -0.2) is 36.4 Å². The molecule has 2 unspecified atom stereocenters. The van der Waals surface area contributed by atoms with Crippen LogP contribution in [0, 0.1) is 5.41 Å².